The Hall–Kier alpha value is -5.19. The highest BCUT2D eigenvalue weighted by Gasteiger charge is 2.27. The number of rotatable bonds is 12. The minimum absolute atomic E-state index is 0.0323. The number of hydrogen-bond acceptors (Lipinski definition) is 6. The van der Waals surface area contributed by atoms with Crippen LogP contribution in [-0.4, -0.2) is 64.4 Å². The molecule has 1 aromatic heterocycles. The van der Waals surface area contributed by atoms with Gasteiger partial charge in [0.15, 0.2) is 5.97 Å². The third-order valence-corrected chi connectivity index (χ3v) is 9.15. The van der Waals surface area contributed by atoms with Crippen molar-refractivity contribution in [3.63, 3.8) is 0 Å². The number of aromatic nitrogens is 2. The Morgan fingerprint density at radius 1 is 0.780 bits per heavy atom. The van der Waals surface area contributed by atoms with Gasteiger partial charge in [0.25, 0.3) is 5.56 Å². The summed E-state index contributed by atoms with van der Waals surface area (Å²) in [6.07, 6.45) is 4.94. The summed E-state index contributed by atoms with van der Waals surface area (Å²) in [6.45, 7) is 6.35. The first-order valence-electron chi connectivity index (χ1n) is 17.1. The molecule has 10 heteroatoms. The van der Waals surface area contributed by atoms with Crippen LogP contribution in [0.5, 0.6) is 0 Å². The molecule has 0 aliphatic carbocycles. The van der Waals surface area contributed by atoms with E-state index in [1.807, 2.05) is 24.3 Å². The van der Waals surface area contributed by atoms with Gasteiger partial charge >= 0.3 is 5.97 Å². The van der Waals surface area contributed by atoms with Crippen LogP contribution in [0.3, 0.4) is 0 Å². The van der Waals surface area contributed by atoms with Gasteiger partial charge in [-0.1, -0.05) is 97.4 Å². The highest BCUT2D eigenvalue weighted by atomic mass is 19.1. The molecule has 9 nitrogen and oxygen atoms in total. The molecule has 260 valence electrons. The number of quaternary nitrogens is 1. The van der Waals surface area contributed by atoms with Gasteiger partial charge in [0, 0.05) is 31.4 Å². The zero-order chi connectivity index (χ0) is 35.3. The summed E-state index contributed by atoms with van der Waals surface area (Å²) in [5.41, 5.74) is 4.54. The number of fused-ring (bicyclic) bond motifs is 1. The number of aliphatic carboxylic acids is 2. The van der Waals surface area contributed by atoms with Gasteiger partial charge in [0.2, 0.25) is 0 Å². The number of halogens is 1. The maximum Gasteiger partial charge on any atom is 0.351 e. The number of nitrogens with one attached hydrogen (secondary N) is 1. The third kappa shape index (κ3) is 9.93. The van der Waals surface area contributed by atoms with Crippen molar-refractivity contribution in [2.45, 2.75) is 44.7 Å². The van der Waals surface area contributed by atoms with Crippen molar-refractivity contribution in [1.29, 1.82) is 0 Å². The number of carboxylic acid groups (broad SMARTS) is 2. The van der Waals surface area contributed by atoms with Gasteiger partial charge in [-0.25, -0.2) is 13.9 Å². The molecule has 4 aromatic carbocycles. The Morgan fingerprint density at radius 2 is 1.32 bits per heavy atom. The quantitative estimate of drug-likeness (QED) is 0.153. The standard InChI is InChI=1S/C38H41FN4O.C2H2O4/c39-33-21-19-30(20-22-33)29-36-34-17-9-10-18-35(34)38(44)43(40-36)24-12-2-1-11-23-41-25-27-42(28-26-41)37(31-13-5-3-6-14-31)32-15-7-4-8-16-32;3-1(4)2(5)6/h3-10,13-22,37H,1-2,11-12,23-29H2;(H,3,4)(H,5,6). The first-order valence-corrected chi connectivity index (χ1v) is 17.1. The van der Waals surface area contributed by atoms with Crippen molar-refractivity contribution in [3.05, 3.63) is 148 Å². The number of carboxylic acids is 2. The van der Waals surface area contributed by atoms with E-state index in [2.05, 4.69) is 65.6 Å². The number of benzene rings is 4. The fourth-order valence-electron chi connectivity index (χ4n) is 6.61. The molecule has 0 bridgehead atoms. The lowest BCUT2D eigenvalue weighted by atomic mass is 9.96. The summed E-state index contributed by atoms with van der Waals surface area (Å²) in [5, 5.41) is 22.7. The van der Waals surface area contributed by atoms with E-state index in [0.717, 1.165) is 49.0 Å². The smallest absolute Gasteiger partial charge is 0.351 e. The van der Waals surface area contributed by atoms with E-state index in [9.17, 15) is 9.18 Å². The van der Waals surface area contributed by atoms with Crippen LogP contribution in [0.2, 0.25) is 0 Å². The SMILES string of the molecule is O=C([O-])C(=O)O.O=c1c2ccccc2c(Cc2ccc(F)cc2)nn1CCCCCC[NH+]1CCN(C(c2ccccc2)c2ccccc2)CC1. The molecule has 50 heavy (non-hydrogen) atoms. The molecule has 1 aliphatic rings. The Bertz CT molecular complexity index is 1840. The number of unbranched alkanes of at least 4 members (excludes halogenated alkanes) is 3. The average molecular weight is 679 g/mol. The van der Waals surface area contributed by atoms with Crippen molar-refractivity contribution >= 4 is 22.7 Å². The summed E-state index contributed by atoms with van der Waals surface area (Å²) in [5.74, 6) is -4.26. The molecule has 1 saturated heterocycles. The monoisotopic (exact) mass is 678 g/mol. The number of carbonyl (C=O) groups excluding carboxylic acids is 1. The number of nitrogens with zero attached hydrogens (tertiary/aromatic N) is 3. The van der Waals surface area contributed by atoms with Crippen LogP contribution in [0.4, 0.5) is 4.39 Å². The highest BCUT2D eigenvalue weighted by molar-refractivity contribution is 6.26. The zero-order valence-corrected chi connectivity index (χ0v) is 28.0. The lowest BCUT2D eigenvalue weighted by molar-refractivity contribution is -0.905. The van der Waals surface area contributed by atoms with E-state index in [1.54, 1.807) is 21.7 Å². The van der Waals surface area contributed by atoms with Crippen LogP contribution in [0, 0.1) is 5.82 Å². The second-order valence-corrected chi connectivity index (χ2v) is 12.6. The maximum atomic E-state index is 13.4. The van der Waals surface area contributed by atoms with Crippen molar-refractivity contribution in [2.75, 3.05) is 32.7 Å². The van der Waals surface area contributed by atoms with E-state index in [4.69, 9.17) is 24.9 Å². The molecule has 2 N–H and O–H groups in total. The Kier molecular flexibility index (Phi) is 13.0. The van der Waals surface area contributed by atoms with Gasteiger partial charge < -0.3 is 19.9 Å². The molecule has 0 unspecified atom stereocenters. The molecule has 1 fully saturated rings. The van der Waals surface area contributed by atoms with Crippen molar-refractivity contribution in [2.24, 2.45) is 0 Å². The summed E-state index contributed by atoms with van der Waals surface area (Å²) in [7, 11) is 0. The summed E-state index contributed by atoms with van der Waals surface area (Å²) in [6, 6.07) is 36.3. The van der Waals surface area contributed by atoms with Crippen LogP contribution in [-0.2, 0) is 22.6 Å². The van der Waals surface area contributed by atoms with Crippen LogP contribution in [0.1, 0.15) is 54.1 Å². The second kappa shape index (κ2) is 18.0. The second-order valence-electron chi connectivity index (χ2n) is 12.6. The predicted molar refractivity (Wildman–Crippen MR) is 188 cm³/mol. The molecule has 0 radical (unpaired) electrons. The zero-order valence-electron chi connectivity index (χ0n) is 28.0. The lowest BCUT2D eigenvalue weighted by Gasteiger charge is -2.38. The fourth-order valence-corrected chi connectivity index (χ4v) is 6.61. The molecule has 6 rings (SSSR count). The van der Waals surface area contributed by atoms with E-state index >= 15 is 0 Å². The van der Waals surface area contributed by atoms with E-state index in [1.165, 1.54) is 49.3 Å². The Morgan fingerprint density at radius 3 is 1.90 bits per heavy atom. The molecule has 0 spiro atoms. The number of carbonyl (C=O) groups is 2. The maximum absolute atomic E-state index is 13.4. The predicted octanol–water partition coefficient (Wildman–Crippen LogP) is 3.50. The van der Waals surface area contributed by atoms with E-state index in [-0.39, 0.29) is 11.4 Å². The Balaban J connectivity index is 0.000000745. The van der Waals surface area contributed by atoms with Gasteiger partial charge in [-0.15, -0.1) is 0 Å². The summed E-state index contributed by atoms with van der Waals surface area (Å²) in [4.78, 5) is 35.6. The minimum Gasteiger partial charge on any atom is -0.539 e. The normalized spacial score (nSPS) is 13.6. The number of aryl methyl sites for hydroxylation is 1. The Labute approximate surface area is 291 Å². The topological polar surface area (TPSA) is 120 Å². The van der Waals surface area contributed by atoms with Gasteiger partial charge in [-0.05, 0) is 54.2 Å². The van der Waals surface area contributed by atoms with Gasteiger partial charge in [-0.2, -0.15) is 5.10 Å². The van der Waals surface area contributed by atoms with Crippen molar-refractivity contribution < 1.29 is 29.1 Å². The highest BCUT2D eigenvalue weighted by Crippen LogP contribution is 2.28. The molecule has 2 heterocycles. The van der Waals surface area contributed by atoms with Gasteiger partial charge in [0.1, 0.15) is 5.82 Å². The molecule has 5 aromatic rings. The largest absolute Gasteiger partial charge is 0.539 e. The van der Waals surface area contributed by atoms with E-state index < -0.39 is 11.9 Å². The van der Waals surface area contributed by atoms with Crippen LogP contribution < -0.4 is 15.6 Å². The number of piperazine rings is 1. The average Bonchev–Trinajstić information content (AvgIpc) is 3.14. The van der Waals surface area contributed by atoms with E-state index in [0.29, 0.717) is 24.4 Å². The molecule has 0 amide bonds. The summed E-state index contributed by atoms with van der Waals surface area (Å²) >= 11 is 0. The molecule has 1 aliphatic heterocycles. The van der Waals surface area contributed by atoms with Crippen LogP contribution in [0.15, 0.2) is 114 Å². The van der Waals surface area contributed by atoms with Gasteiger partial charge in [-0.3, -0.25) is 9.69 Å². The lowest BCUT2D eigenvalue weighted by Crippen LogP contribution is -3.14. The molecule has 0 atom stereocenters. The minimum atomic E-state index is -2.07. The number of hydrogen-bond donors (Lipinski definition) is 2. The van der Waals surface area contributed by atoms with Crippen molar-refractivity contribution in [1.82, 2.24) is 14.7 Å². The fraction of sp³-hybridized carbons (Fsp3) is 0.300. The molecule has 0 saturated carbocycles. The molecular weight excluding hydrogens is 635 g/mol. The van der Waals surface area contributed by atoms with Crippen LogP contribution >= 0.6 is 0 Å². The first-order chi connectivity index (χ1) is 24.3. The first kappa shape index (κ1) is 36.1. The van der Waals surface area contributed by atoms with Crippen molar-refractivity contribution in [3.8, 4) is 0 Å². The van der Waals surface area contributed by atoms with Crippen LogP contribution in [0.25, 0.3) is 10.8 Å². The summed E-state index contributed by atoms with van der Waals surface area (Å²) < 4.78 is 15.1. The third-order valence-electron chi connectivity index (χ3n) is 9.15. The molecular formula is C40H43FN4O5. The van der Waals surface area contributed by atoms with Gasteiger partial charge in [0.05, 0.1) is 36.8 Å².